The van der Waals surface area contributed by atoms with Crippen LogP contribution in [-0.4, -0.2) is 30.4 Å². The fraction of sp³-hybridized carbons (Fsp3) is 0.500. The Morgan fingerprint density at radius 3 is 2.57 bits per heavy atom. The summed E-state index contributed by atoms with van der Waals surface area (Å²) >= 11 is 0. The van der Waals surface area contributed by atoms with Gasteiger partial charge in [0.25, 0.3) is 0 Å². The molecule has 5 nitrogen and oxygen atoms in total. The number of anilines is 1. The Balaban J connectivity index is 1.86. The second-order valence-corrected chi connectivity index (χ2v) is 5.73. The molecule has 0 saturated carbocycles. The van der Waals surface area contributed by atoms with E-state index >= 15 is 0 Å². The Morgan fingerprint density at radius 2 is 2.00 bits per heavy atom. The molecule has 0 spiro atoms. The second-order valence-electron chi connectivity index (χ2n) is 5.73. The van der Waals surface area contributed by atoms with Gasteiger partial charge in [0.05, 0.1) is 12.5 Å². The molecule has 0 radical (unpaired) electrons. The predicted molar refractivity (Wildman–Crippen MR) is 83.1 cm³/mol. The van der Waals surface area contributed by atoms with Crippen LogP contribution in [0.15, 0.2) is 24.3 Å². The summed E-state index contributed by atoms with van der Waals surface area (Å²) in [5.41, 5.74) is 1.70. The lowest BCUT2D eigenvalue weighted by Crippen LogP contribution is -2.35. The van der Waals surface area contributed by atoms with Crippen LogP contribution < -0.4 is 16.0 Å². The molecule has 1 unspecified atom stereocenters. The topological polar surface area (TPSA) is 70.2 Å². The minimum atomic E-state index is -0.0819. The third kappa shape index (κ3) is 4.86. The molecule has 1 atom stereocenters. The van der Waals surface area contributed by atoms with Crippen molar-refractivity contribution in [2.75, 3.05) is 11.9 Å². The molecule has 114 valence electrons. The zero-order chi connectivity index (χ0) is 15.2. The smallest absolute Gasteiger partial charge is 0.241 e. The molecule has 1 saturated heterocycles. The molecule has 1 aromatic carbocycles. The average Bonchev–Trinajstić information content (AvgIpc) is 2.94. The summed E-state index contributed by atoms with van der Waals surface area (Å²) < 4.78 is 0. The normalized spacial score (nSPS) is 17.8. The Hall–Kier alpha value is -1.88. The molecular formula is C16H23N3O2. The number of hydrogen-bond acceptors (Lipinski definition) is 3. The van der Waals surface area contributed by atoms with Gasteiger partial charge in [0.2, 0.25) is 11.8 Å². The summed E-state index contributed by atoms with van der Waals surface area (Å²) in [6.45, 7) is 4.78. The summed E-state index contributed by atoms with van der Waals surface area (Å²) in [6.07, 6.45) is 2.29. The highest BCUT2D eigenvalue weighted by Crippen LogP contribution is 2.13. The number of nitrogens with one attached hydrogen (secondary N) is 3. The standard InChI is InChI=1S/C16H23N3O2/c1-11(2)18-15(20)10-12-5-7-13(8-6-12)19-16(21)14-4-3-9-17-14/h5-8,11,14,17H,3-4,9-10H2,1-2H3,(H,18,20)(H,19,21). The molecule has 1 heterocycles. The minimum absolute atomic E-state index is 0.0111. The van der Waals surface area contributed by atoms with Gasteiger partial charge in [-0.2, -0.15) is 0 Å². The Morgan fingerprint density at radius 1 is 1.29 bits per heavy atom. The summed E-state index contributed by atoms with van der Waals surface area (Å²) in [6, 6.07) is 7.49. The molecular weight excluding hydrogens is 266 g/mol. The minimum Gasteiger partial charge on any atom is -0.354 e. The van der Waals surface area contributed by atoms with E-state index in [9.17, 15) is 9.59 Å². The van der Waals surface area contributed by atoms with Gasteiger partial charge in [0.15, 0.2) is 0 Å². The monoisotopic (exact) mass is 289 g/mol. The van der Waals surface area contributed by atoms with Crippen LogP contribution in [0.3, 0.4) is 0 Å². The van der Waals surface area contributed by atoms with Crippen LogP contribution in [-0.2, 0) is 16.0 Å². The first-order chi connectivity index (χ1) is 10.0. The van der Waals surface area contributed by atoms with E-state index in [1.54, 1.807) is 0 Å². The van der Waals surface area contributed by atoms with E-state index in [0.29, 0.717) is 6.42 Å². The van der Waals surface area contributed by atoms with Gasteiger partial charge in [-0.25, -0.2) is 0 Å². The fourth-order valence-corrected chi connectivity index (χ4v) is 2.40. The van der Waals surface area contributed by atoms with Gasteiger partial charge in [-0.15, -0.1) is 0 Å². The van der Waals surface area contributed by atoms with E-state index < -0.39 is 0 Å². The van der Waals surface area contributed by atoms with E-state index in [2.05, 4.69) is 16.0 Å². The lowest BCUT2D eigenvalue weighted by atomic mass is 10.1. The third-order valence-corrected chi connectivity index (χ3v) is 3.41. The highest BCUT2D eigenvalue weighted by molar-refractivity contribution is 5.95. The zero-order valence-electron chi connectivity index (χ0n) is 12.6. The van der Waals surface area contributed by atoms with Crippen molar-refractivity contribution in [2.24, 2.45) is 0 Å². The van der Waals surface area contributed by atoms with E-state index in [1.165, 1.54) is 0 Å². The van der Waals surface area contributed by atoms with E-state index in [0.717, 1.165) is 30.6 Å². The van der Waals surface area contributed by atoms with Crippen molar-refractivity contribution in [1.82, 2.24) is 10.6 Å². The molecule has 3 N–H and O–H groups in total. The average molecular weight is 289 g/mol. The van der Waals surface area contributed by atoms with Gasteiger partial charge in [0, 0.05) is 11.7 Å². The van der Waals surface area contributed by atoms with Crippen LogP contribution in [0.4, 0.5) is 5.69 Å². The Kier molecular flexibility index (Phi) is 5.33. The van der Waals surface area contributed by atoms with Crippen molar-refractivity contribution < 1.29 is 9.59 Å². The number of benzene rings is 1. The van der Waals surface area contributed by atoms with Crippen molar-refractivity contribution in [1.29, 1.82) is 0 Å². The molecule has 21 heavy (non-hydrogen) atoms. The van der Waals surface area contributed by atoms with Crippen molar-refractivity contribution in [3.8, 4) is 0 Å². The van der Waals surface area contributed by atoms with Crippen LogP contribution >= 0.6 is 0 Å². The van der Waals surface area contributed by atoms with Crippen molar-refractivity contribution in [3.05, 3.63) is 29.8 Å². The Bertz CT molecular complexity index is 491. The number of carbonyl (C=O) groups is 2. The maximum absolute atomic E-state index is 12.0. The van der Waals surface area contributed by atoms with E-state index in [4.69, 9.17) is 0 Å². The molecule has 1 aliphatic rings. The maximum Gasteiger partial charge on any atom is 0.241 e. The summed E-state index contributed by atoms with van der Waals surface area (Å²) in [7, 11) is 0. The maximum atomic E-state index is 12.0. The highest BCUT2D eigenvalue weighted by Gasteiger charge is 2.21. The summed E-state index contributed by atoms with van der Waals surface area (Å²) in [5, 5.41) is 8.92. The summed E-state index contributed by atoms with van der Waals surface area (Å²) in [5.74, 6) is 0.0229. The number of hydrogen-bond donors (Lipinski definition) is 3. The van der Waals surface area contributed by atoms with Crippen LogP contribution in [0.25, 0.3) is 0 Å². The largest absolute Gasteiger partial charge is 0.354 e. The van der Waals surface area contributed by atoms with E-state index in [1.807, 2.05) is 38.1 Å². The molecule has 0 aromatic heterocycles. The van der Waals surface area contributed by atoms with Crippen molar-refractivity contribution >= 4 is 17.5 Å². The van der Waals surface area contributed by atoms with Gasteiger partial charge >= 0.3 is 0 Å². The number of amides is 2. The molecule has 1 aromatic rings. The highest BCUT2D eigenvalue weighted by atomic mass is 16.2. The van der Waals surface area contributed by atoms with Gasteiger partial charge in [-0.05, 0) is 50.9 Å². The second kappa shape index (κ2) is 7.22. The number of rotatable bonds is 5. The molecule has 0 aliphatic carbocycles. The predicted octanol–water partition coefficient (Wildman–Crippen LogP) is 1.44. The molecule has 2 rings (SSSR count). The van der Waals surface area contributed by atoms with Crippen LogP contribution in [0.1, 0.15) is 32.3 Å². The zero-order valence-corrected chi connectivity index (χ0v) is 12.6. The van der Waals surface area contributed by atoms with Gasteiger partial charge in [-0.3, -0.25) is 9.59 Å². The lowest BCUT2D eigenvalue weighted by Gasteiger charge is -2.12. The summed E-state index contributed by atoms with van der Waals surface area (Å²) in [4.78, 5) is 23.6. The third-order valence-electron chi connectivity index (χ3n) is 3.41. The van der Waals surface area contributed by atoms with Gasteiger partial charge < -0.3 is 16.0 Å². The van der Waals surface area contributed by atoms with Crippen LogP contribution in [0.5, 0.6) is 0 Å². The first-order valence-electron chi connectivity index (χ1n) is 7.47. The van der Waals surface area contributed by atoms with Gasteiger partial charge in [0.1, 0.15) is 0 Å². The van der Waals surface area contributed by atoms with E-state index in [-0.39, 0.29) is 23.9 Å². The molecule has 5 heteroatoms. The fourth-order valence-electron chi connectivity index (χ4n) is 2.40. The van der Waals surface area contributed by atoms with Crippen molar-refractivity contribution in [3.63, 3.8) is 0 Å². The molecule has 1 fully saturated rings. The Labute approximate surface area is 125 Å². The molecule has 0 bridgehead atoms. The first-order valence-corrected chi connectivity index (χ1v) is 7.47. The first kappa shape index (κ1) is 15.5. The van der Waals surface area contributed by atoms with Crippen molar-refractivity contribution in [2.45, 2.75) is 45.2 Å². The van der Waals surface area contributed by atoms with Gasteiger partial charge in [-0.1, -0.05) is 12.1 Å². The SMILES string of the molecule is CC(C)NC(=O)Cc1ccc(NC(=O)C2CCCN2)cc1. The number of carbonyl (C=O) groups excluding carboxylic acids is 2. The van der Waals surface area contributed by atoms with Crippen LogP contribution in [0, 0.1) is 0 Å². The van der Waals surface area contributed by atoms with Crippen LogP contribution in [0.2, 0.25) is 0 Å². The molecule has 1 aliphatic heterocycles. The molecule has 2 amide bonds. The quantitative estimate of drug-likeness (QED) is 0.768. The lowest BCUT2D eigenvalue weighted by molar-refractivity contribution is -0.121.